The van der Waals surface area contributed by atoms with E-state index in [4.69, 9.17) is 20.7 Å². The number of likely N-dealkylation sites (N-methyl/N-ethyl adjacent to an activating group) is 1. The first-order valence-corrected chi connectivity index (χ1v) is 9.58. The van der Waals surface area contributed by atoms with Crippen LogP contribution < -0.4 is 5.73 Å². The van der Waals surface area contributed by atoms with Gasteiger partial charge in [-0.2, -0.15) is 13.2 Å². The number of carboxylic acid groups (broad SMARTS) is 2. The highest BCUT2D eigenvalue weighted by molar-refractivity contribution is 6.02. The lowest BCUT2D eigenvalue weighted by Crippen LogP contribution is -2.47. The summed E-state index contributed by atoms with van der Waals surface area (Å²) in [6, 6.07) is 0. The van der Waals surface area contributed by atoms with Crippen molar-refractivity contribution in [3.05, 3.63) is 23.0 Å². The summed E-state index contributed by atoms with van der Waals surface area (Å²) in [4.78, 5) is 47.5. The van der Waals surface area contributed by atoms with E-state index in [1.807, 2.05) is 0 Å². The second-order valence-electron chi connectivity index (χ2n) is 6.87. The van der Waals surface area contributed by atoms with Crippen LogP contribution in [0.1, 0.15) is 32.1 Å². The zero-order valence-electron chi connectivity index (χ0n) is 17.4. The molecule has 1 aliphatic carbocycles. The Bertz CT molecular complexity index is 883. The smallest absolute Gasteiger partial charge is 0.481 e. The molecule has 1 aliphatic heterocycles. The third-order valence-electron chi connectivity index (χ3n) is 4.39. The monoisotopic (exact) mass is 459 g/mol. The average Bonchev–Trinajstić information content (AvgIpc) is 2.69. The van der Waals surface area contributed by atoms with Crippen LogP contribution in [0.15, 0.2) is 23.0 Å². The van der Waals surface area contributed by atoms with Gasteiger partial charge < -0.3 is 25.7 Å². The van der Waals surface area contributed by atoms with Crippen LogP contribution in [0, 0.1) is 11.8 Å². The Hall–Kier alpha value is -3.33. The van der Waals surface area contributed by atoms with E-state index in [0.717, 1.165) is 12.8 Å². The van der Waals surface area contributed by atoms with E-state index in [-0.39, 0.29) is 37.6 Å². The number of halogens is 3. The van der Waals surface area contributed by atoms with Crippen molar-refractivity contribution in [2.45, 2.75) is 38.3 Å². The first-order chi connectivity index (χ1) is 14.9. The number of nitrogens with two attached hydrogens (primary N) is 1. The van der Waals surface area contributed by atoms with E-state index < -0.39 is 18.1 Å². The molecule has 0 aromatic rings. The molecule has 0 spiro atoms. The molecule has 0 atom stereocenters. The number of amides is 1. The highest BCUT2D eigenvalue weighted by Gasteiger charge is 2.38. The summed E-state index contributed by atoms with van der Waals surface area (Å²) in [5.74, 6) is 2.02. The summed E-state index contributed by atoms with van der Waals surface area (Å²) in [6.45, 7) is 0.786. The molecule has 12 heteroatoms. The van der Waals surface area contributed by atoms with E-state index in [2.05, 4.69) is 11.8 Å². The summed E-state index contributed by atoms with van der Waals surface area (Å²) in [5, 5.41) is 16.0. The average molecular weight is 459 g/mol. The van der Waals surface area contributed by atoms with Gasteiger partial charge in [-0.1, -0.05) is 11.8 Å². The highest BCUT2D eigenvalue weighted by Crippen LogP contribution is 2.29. The van der Waals surface area contributed by atoms with Gasteiger partial charge in [0.2, 0.25) is 5.91 Å². The van der Waals surface area contributed by atoms with Crippen molar-refractivity contribution in [3.63, 3.8) is 0 Å². The molecule has 32 heavy (non-hydrogen) atoms. The minimum atomic E-state index is -5.08. The lowest BCUT2D eigenvalue weighted by molar-refractivity contribution is -0.192. The first kappa shape index (κ1) is 26.7. The molecule has 176 valence electrons. The number of allylic oxidation sites excluding steroid dienone is 3. The third kappa shape index (κ3) is 8.07. The number of rotatable bonds is 6. The maximum absolute atomic E-state index is 12.6. The number of nitrogens with zero attached hydrogens (tertiary/aromatic N) is 2. The van der Waals surface area contributed by atoms with Gasteiger partial charge in [-0.15, -0.1) is 0 Å². The minimum absolute atomic E-state index is 0.0162. The number of carbonyl (C=O) groups excluding carboxylic acids is 2. The number of unbranched alkanes of at least 4 members (excludes halogenated alkanes) is 2. The Labute approximate surface area is 182 Å². The van der Waals surface area contributed by atoms with Crippen molar-refractivity contribution in [1.82, 2.24) is 9.80 Å². The van der Waals surface area contributed by atoms with Gasteiger partial charge in [0.25, 0.3) is 0 Å². The maximum Gasteiger partial charge on any atom is 0.490 e. The van der Waals surface area contributed by atoms with Crippen LogP contribution >= 0.6 is 0 Å². The largest absolute Gasteiger partial charge is 0.490 e. The zero-order chi connectivity index (χ0) is 24.5. The van der Waals surface area contributed by atoms with Crippen LogP contribution in [0.4, 0.5) is 13.2 Å². The number of ketones is 1. The number of hydrogen-bond donors (Lipinski definition) is 3. The second-order valence-corrected chi connectivity index (χ2v) is 6.87. The molecule has 0 aromatic carbocycles. The lowest BCUT2D eigenvalue weighted by atomic mass is 9.95. The van der Waals surface area contributed by atoms with Gasteiger partial charge >= 0.3 is 18.1 Å². The van der Waals surface area contributed by atoms with Crippen LogP contribution in [0.25, 0.3) is 0 Å². The lowest BCUT2D eigenvalue weighted by Gasteiger charge is -2.37. The van der Waals surface area contributed by atoms with Gasteiger partial charge in [-0.25, -0.2) is 4.79 Å². The fourth-order valence-corrected chi connectivity index (χ4v) is 2.80. The van der Waals surface area contributed by atoms with Crippen LogP contribution in [0.3, 0.4) is 0 Å². The molecule has 4 N–H and O–H groups in total. The van der Waals surface area contributed by atoms with Gasteiger partial charge in [0.1, 0.15) is 5.70 Å². The molecule has 0 saturated carbocycles. The molecule has 1 heterocycles. The van der Waals surface area contributed by atoms with Crippen molar-refractivity contribution < 1.29 is 42.6 Å². The topological polar surface area (TPSA) is 141 Å². The Morgan fingerprint density at radius 2 is 1.84 bits per heavy atom. The molecule has 2 aliphatic rings. The Morgan fingerprint density at radius 1 is 1.22 bits per heavy atom. The number of carbonyl (C=O) groups is 4. The molecule has 0 fully saturated rings. The molecule has 0 bridgehead atoms. The summed E-state index contributed by atoms with van der Waals surface area (Å²) in [5.41, 5.74) is 7.04. The molecular formula is C20H24F3N3O6. The predicted octanol–water partition coefficient (Wildman–Crippen LogP) is 1.11. The fraction of sp³-hybridized carbons (Fsp3) is 0.500. The van der Waals surface area contributed by atoms with Crippen molar-refractivity contribution >= 4 is 23.6 Å². The molecule has 0 radical (unpaired) electrons. The number of hydrogen-bond acceptors (Lipinski definition) is 6. The number of carboxylic acids is 2. The molecular weight excluding hydrogens is 435 g/mol. The minimum Gasteiger partial charge on any atom is -0.481 e. The SMILES string of the molecule is CN1C(=O)CN(CCC(=O)O)C2=C1C=C(C#CCCCCN)CC2=O.O=C(O)C(F)(F)F. The fourth-order valence-electron chi connectivity index (χ4n) is 2.80. The Kier molecular flexibility index (Phi) is 9.93. The number of aliphatic carboxylic acids is 2. The number of alkyl halides is 3. The Balaban J connectivity index is 0.000000633. The van der Waals surface area contributed by atoms with Crippen molar-refractivity contribution in [2.24, 2.45) is 5.73 Å². The highest BCUT2D eigenvalue weighted by atomic mass is 19.4. The summed E-state index contributed by atoms with van der Waals surface area (Å²) < 4.78 is 31.7. The van der Waals surface area contributed by atoms with E-state index in [0.29, 0.717) is 29.9 Å². The summed E-state index contributed by atoms with van der Waals surface area (Å²) in [7, 11) is 1.62. The molecule has 9 nitrogen and oxygen atoms in total. The van der Waals surface area contributed by atoms with E-state index in [1.165, 1.54) is 4.90 Å². The molecule has 0 unspecified atom stereocenters. The van der Waals surface area contributed by atoms with Crippen LogP contribution in [-0.4, -0.2) is 76.5 Å². The predicted molar refractivity (Wildman–Crippen MR) is 106 cm³/mol. The summed E-state index contributed by atoms with van der Waals surface area (Å²) >= 11 is 0. The Morgan fingerprint density at radius 3 is 2.38 bits per heavy atom. The van der Waals surface area contributed by atoms with Gasteiger partial charge in [-0.3, -0.25) is 14.4 Å². The van der Waals surface area contributed by atoms with Crippen molar-refractivity contribution in [1.29, 1.82) is 0 Å². The molecule has 0 aromatic heterocycles. The van der Waals surface area contributed by atoms with Crippen LogP contribution in [-0.2, 0) is 19.2 Å². The first-order valence-electron chi connectivity index (χ1n) is 9.58. The molecule has 0 saturated heterocycles. The third-order valence-corrected chi connectivity index (χ3v) is 4.39. The van der Waals surface area contributed by atoms with Gasteiger partial charge in [-0.05, 0) is 25.5 Å². The van der Waals surface area contributed by atoms with Crippen LogP contribution in [0.5, 0.6) is 0 Å². The standard InChI is InChI=1S/C18H23N3O4.C2HF3O2/c1-20-14-10-13(6-4-2-3-5-8-19)11-15(22)18(14)21(12-16(20)23)9-7-17(24)25;3-2(4,5)1(6)7/h10H,2-3,5,7-9,11-12,19H2,1H3,(H,24,25);(H,6,7). The normalized spacial score (nSPS) is 15.8. The van der Waals surface area contributed by atoms with Crippen molar-refractivity contribution in [3.8, 4) is 11.8 Å². The van der Waals surface area contributed by atoms with E-state index in [1.54, 1.807) is 18.0 Å². The quantitative estimate of drug-likeness (QED) is 0.396. The zero-order valence-corrected chi connectivity index (χ0v) is 17.4. The second kappa shape index (κ2) is 11.9. The number of Topliss-reactive ketones (excluding diaryl/α,β-unsaturated/α-hetero) is 1. The van der Waals surface area contributed by atoms with Crippen molar-refractivity contribution in [2.75, 3.05) is 26.7 Å². The maximum atomic E-state index is 12.6. The molecule has 2 rings (SSSR count). The van der Waals surface area contributed by atoms with Gasteiger partial charge in [0, 0.05) is 32.0 Å². The van der Waals surface area contributed by atoms with Gasteiger partial charge in [0.05, 0.1) is 18.7 Å². The summed E-state index contributed by atoms with van der Waals surface area (Å²) in [6.07, 6.45) is -0.726. The van der Waals surface area contributed by atoms with E-state index >= 15 is 0 Å². The molecule has 1 amide bonds. The van der Waals surface area contributed by atoms with Crippen LogP contribution in [0.2, 0.25) is 0 Å². The van der Waals surface area contributed by atoms with Gasteiger partial charge in [0.15, 0.2) is 5.78 Å². The van der Waals surface area contributed by atoms with E-state index in [9.17, 15) is 27.6 Å².